The second-order valence-corrected chi connectivity index (χ2v) is 7.70. The largest absolute Gasteiger partial charge is 0.345 e. The third-order valence-electron chi connectivity index (χ3n) is 4.91. The number of carbonyl (C=O) groups is 3. The van der Waals surface area contributed by atoms with E-state index in [0.717, 1.165) is 17.5 Å². The molecule has 2 amide bonds. The molecule has 0 heterocycles. The first-order valence-electron chi connectivity index (χ1n) is 10.5. The summed E-state index contributed by atoms with van der Waals surface area (Å²) in [5.41, 5.74) is 3.31. The molecule has 0 saturated heterocycles. The highest BCUT2D eigenvalue weighted by Gasteiger charge is 2.16. The Labute approximate surface area is 190 Å². The van der Waals surface area contributed by atoms with Crippen LogP contribution in [0.2, 0.25) is 0 Å². The minimum atomic E-state index is -0.239. The van der Waals surface area contributed by atoms with Gasteiger partial charge in [0, 0.05) is 51.5 Å². The maximum Gasteiger partial charge on any atom is 0.246 e. The summed E-state index contributed by atoms with van der Waals surface area (Å²) in [5.74, 6) is -0.667. The number of amides is 2. The van der Waals surface area contributed by atoms with Crippen LogP contribution in [-0.2, 0) is 16.0 Å². The fraction of sp³-hybridized carbons (Fsp3) is 0.222. The third-order valence-corrected chi connectivity index (χ3v) is 4.91. The summed E-state index contributed by atoms with van der Waals surface area (Å²) in [5, 5.41) is 0. The van der Waals surface area contributed by atoms with Crippen LogP contribution in [0.25, 0.3) is 5.57 Å². The first-order chi connectivity index (χ1) is 15.2. The molecule has 0 N–H and O–H groups in total. The van der Waals surface area contributed by atoms with Crippen LogP contribution in [0.15, 0.2) is 84.5 Å². The Bertz CT molecular complexity index is 1040. The zero-order valence-corrected chi connectivity index (χ0v) is 19.3. The number of allylic oxidation sites excluding steroid dienone is 4. The highest BCUT2D eigenvalue weighted by atomic mass is 16.2. The lowest BCUT2D eigenvalue weighted by Crippen LogP contribution is -2.19. The molecule has 0 aliphatic carbocycles. The lowest BCUT2D eigenvalue weighted by atomic mass is 9.92. The molecular weight excluding hydrogens is 400 g/mol. The van der Waals surface area contributed by atoms with Gasteiger partial charge in [-0.15, -0.1) is 0 Å². The zero-order valence-electron chi connectivity index (χ0n) is 19.3. The number of carbonyl (C=O) groups excluding carboxylic acids is 3. The fourth-order valence-electron chi connectivity index (χ4n) is 2.90. The van der Waals surface area contributed by atoms with Gasteiger partial charge in [0.05, 0.1) is 0 Å². The van der Waals surface area contributed by atoms with E-state index in [1.165, 1.54) is 28.0 Å². The minimum absolute atomic E-state index is 0.203. The number of Topliss-reactive ketones (excluding diaryl/α,β-unsaturated/α-hetero) is 1. The number of likely N-dealkylation sites (N-methyl/N-ethyl adjacent to an activating group) is 2. The maximum atomic E-state index is 13.6. The van der Waals surface area contributed by atoms with Crippen molar-refractivity contribution in [1.82, 2.24) is 9.80 Å². The quantitative estimate of drug-likeness (QED) is 0.359. The average molecular weight is 431 g/mol. The molecule has 2 aromatic rings. The van der Waals surface area contributed by atoms with Crippen molar-refractivity contribution in [1.29, 1.82) is 0 Å². The zero-order chi connectivity index (χ0) is 23.7. The highest BCUT2D eigenvalue weighted by molar-refractivity contribution is 6.17. The Hall–Kier alpha value is -3.73. The highest BCUT2D eigenvalue weighted by Crippen LogP contribution is 2.25. The van der Waals surface area contributed by atoms with Gasteiger partial charge in [-0.3, -0.25) is 14.4 Å². The average Bonchev–Trinajstić information content (AvgIpc) is 2.80. The molecule has 0 aliphatic heterocycles. The van der Waals surface area contributed by atoms with Gasteiger partial charge in [-0.1, -0.05) is 61.5 Å². The Balaban J connectivity index is 2.71. The summed E-state index contributed by atoms with van der Waals surface area (Å²) in [4.78, 5) is 40.9. The minimum Gasteiger partial charge on any atom is -0.345 e. The van der Waals surface area contributed by atoms with Crippen LogP contribution in [-0.4, -0.2) is 55.6 Å². The molecule has 0 spiro atoms. The van der Waals surface area contributed by atoms with E-state index >= 15 is 0 Å². The monoisotopic (exact) mass is 430 g/mol. The van der Waals surface area contributed by atoms with E-state index in [9.17, 15) is 14.4 Å². The number of hydrogen-bond donors (Lipinski definition) is 0. The molecule has 2 aromatic carbocycles. The molecule has 0 unspecified atom stereocenters. The van der Waals surface area contributed by atoms with E-state index in [-0.39, 0.29) is 17.6 Å². The van der Waals surface area contributed by atoms with E-state index < -0.39 is 0 Å². The predicted molar refractivity (Wildman–Crippen MR) is 129 cm³/mol. The van der Waals surface area contributed by atoms with Crippen LogP contribution < -0.4 is 0 Å². The van der Waals surface area contributed by atoms with Gasteiger partial charge in [0.25, 0.3) is 0 Å². The summed E-state index contributed by atoms with van der Waals surface area (Å²) in [6.07, 6.45) is 6.84. The molecule has 0 saturated carbocycles. The van der Waals surface area contributed by atoms with Gasteiger partial charge in [0.1, 0.15) is 0 Å². The fourth-order valence-corrected chi connectivity index (χ4v) is 2.90. The van der Waals surface area contributed by atoms with Gasteiger partial charge >= 0.3 is 0 Å². The second kappa shape index (κ2) is 11.6. The van der Waals surface area contributed by atoms with Gasteiger partial charge in [-0.2, -0.15) is 0 Å². The van der Waals surface area contributed by atoms with E-state index in [4.69, 9.17) is 0 Å². The Morgan fingerprint density at radius 1 is 0.688 bits per heavy atom. The molecular formula is C27H30N2O3. The number of nitrogens with zero attached hydrogens (tertiary/aromatic N) is 2. The van der Waals surface area contributed by atoms with Crippen LogP contribution >= 0.6 is 0 Å². The van der Waals surface area contributed by atoms with Gasteiger partial charge in [0.2, 0.25) is 11.8 Å². The van der Waals surface area contributed by atoms with Crippen LogP contribution in [0, 0.1) is 0 Å². The molecule has 0 fully saturated rings. The molecule has 32 heavy (non-hydrogen) atoms. The molecule has 166 valence electrons. The summed E-state index contributed by atoms with van der Waals surface area (Å²) < 4.78 is 0. The summed E-state index contributed by atoms with van der Waals surface area (Å²) >= 11 is 0. The van der Waals surface area contributed by atoms with E-state index in [1.807, 2.05) is 42.5 Å². The topological polar surface area (TPSA) is 57.7 Å². The molecule has 5 heteroatoms. The number of rotatable bonds is 8. The summed E-state index contributed by atoms with van der Waals surface area (Å²) in [6, 6.07) is 16.8. The van der Waals surface area contributed by atoms with Crippen molar-refractivity contribution in [2.45, 2.75) is 13.3 Å². The normalized spacial score (nSPS) is 12.0. The molecule has 0 radical (unpaired) electrons. The van der Waals surface area contributed by atoms with Crippen LogP contribution in [0.4, 0.5) is 0 Å². The summed E-state index contributed by atoms with van der Waals surface area (Å²) in [7, 11) is 6.62. The van der Waals surface area contributed by atoms with Crippen molar-refractivity contribution in [3.63, 3.8) is 0 Å². The summed E-state index contributed by atoms with van der Waals surface area (Å²) in [6.45, 7) is 2.05. The number of aryl methyl sites for hydroxylation is 1. The van der Waals surface area contributed by atoms with Crippen molar-refractivity contribution in [3.05, 3.63) is 101 Å². The Morgan fingerprint density at radius 3 is 1.72 bits per heavy atom. The van der Waals surface area contributed by atoms with Crippen molar-refractivity contribution in [2.24, 2.45) is 0 Å². The molecule has 0 bridgehead atoms. The van der Waals surface area contributed by atoms with Gasteiger partial charge < -0.3 is 9.80 Å². The second-order valence-electron chi connectivity index (χ2n) is 7.70. The Kier molecular flexibility index (Phi) is 8.90. The van der Waals surface area contributed by atoms with Gasteiger partial charge in [0.15, 0.2) is 5.78 Å². The number of ketones is 1. The predicted octanol–water partition coefficient (Wildman–Crippen LogP) is 4.17. The first-order valence-corrected chi connectivity index (χ1v) is 10.5. The third kappa shape index (κ3) is 6.64. The standard InChI is InChI=1S/C27H30N2O3/c1-6-20-12-14-22(15-13-20)27(32)24(17-19-26(31)29(4)5)23(16-18-25(30)28(2)3)21-10-8-7-9-11-21/h7-19H,6H2,1-5H3/b18-16+,19-17+,24-23+. The molecule has 0 aliphatic rings. The molecule has 0 atom stereocenters. The number of hydrogen-bond acceptors (Lipinski definition) is 3. The van der Waals surface area contributed by atoms with E-state index in [2.05, 4.69) is 6.92 Å². The van der Waals surface area contributed by atoms with Gasteiger partial charge in [-0.05, 0) is 35.3 Å². The first kappa shape index (κ1) is 24.5. The van der Waals surface area contributed by atoms with Crippen LogP contribution in [0.1, 0.15) is 28.4 Å². The lowest BCUT2D eigenvalue weighted by molar-refractivity contribution is -0.124. The van der Waals surface area contributed by atoms with E-state index in [1.54, 1.807) is 46.4 Å². The molecule has 2 rings (SSSR count). The van der Waals surface area contributed by atoms with Gasteiger partial charge in [-0.25, -0.2) is 0 Å². The maximum absolute atomic E-state index is 13.6. The molecule has 0 aromatic heterocycles. The number of benzene rings is 2. The van der Waals surface area contributed by atoms with Crippen molar-refractivity contribution < 1.29 is 14.4 Å². The van der Waals surface area contributed by atoms with Crippen molar-refractivity contribution in [2.75, 3.05) is 28.2 Å². The van der Waals surface area contributed by atoms with Crippen LogP contribution in [0.3, 0.4) is 0 Å². The Morgan fingerprint density at radius 2 is 1.22 bits per heavy atom. The smallest absolute Gasteiger partial charge is 0.246 e. The molecule has 5 nitrogen and oxygen atoms in total. The van der Waals surface area contributed by atoms with Crippen molar-refractivity contribution >= 4 is 23.2 Å². The lowest BCUT2D eigenvalue weighted by Gasteiger charge is -2.12. The van der Waals surface area contributed by atoms with Crippen molar-refractivity contribution in [3.8, 4) is 0 Å². The van der Waals surface area contributed by atoms with E-state index in [0.29, 0.717) is 16.7 Å². The van der Waals surface area contributed by atoms with Crippen LogP contribution in [0.5, 0.6) is 0 Å². The SMILES string of the molecule is CCc1ccc(C(=O)C(/C=C/C(=O)N(C)C)=C(\C=C\C(=O)N(C)C)c2ccccc2)cc1.